The zero-order valence-corrected chi connectivity index (χ0v) is 17.1. The van der Waals surface area contributed by atoms with Crippen LogP contribution in [0.2, 0.25) is 5.02 Å². The van der Waals surface area contributed by atoms with E-state index in [4.69, 9.17) is 16.3 Å². The maximum atomic E-state index is 12.6. The topological polar surface area (TPSA) is 41.6 Å². The van der Waals surface area contributed by atoms with E-state index in [9.17, 15) is 4.79 Å². The zero-order chi connectivity index (χ0) is 18.4. The number of ether oxygens (including phenoxy) is 1. The molecule has 1 N–H and O–H groups in total. The lowest BCUT2D eigenvalue weighted by atomic mass is 10.0. The molecule has 3 rings (SSSR count). The lowest BCUT2D eigenvalue weighted by Gasteiger charge is -2.32. The number of likely N-dealkylation sites (tertiary alicyclic amines) is 1. The zero-order valence-electron chi connectivity index (χ0n) is 15.5. The Bertz CT molecular complexity index is 754. The highest BCUT2D eigenvalue weighted by molar-refractivity contribution is 6.30. The molecule has 6 heteroatoms. The molecule has 1 heterocycles. The Labute approximate surface area is 172 Å². The van der Waals surface area contributed by atoms with Gasteiger partial charge in [0.25, 0.3) is 0 Å². The van der Waals surface area contributed by atoms with Crippen molar-refractivity contribution in [2.75, 3.05) is 20.1 Å². The SMILES string of the molecule is CNC1CCCN(C(=O)Cc2cccc(OCc3cccc(Cl)c3)c2)C1.Cl. The minimum absolute atomic E-state index is 0. The Morgan fingerprint density at radius 1 is 1.22 bits per heavy atom. The number of benzene rings is 2. The van der Waals surface area contributed by atoms with Crippen LogP contribution in [0, 0.1) is 0 Å². The number of likely N-dealkylation sites (N-methyl/N-ethyl adjacent to an activating group) is 1. The summed E-state index contributed by atoms with van der Waals surface area (Å²) in [5.74, 6) is 0.943. The second kappa shape index (κ2) is 10.5. The van der Waals surface area contributed by atoms with Crippen molar-refractivity contribution in [3.8, 4) is 5.75 Å². The lowest BCUT2D eigenvalue weighted by Crippen LogP contribution is -2.47. The fourth-order valence-corrected chi connectivity index (χ4v) is 3.48. The van der Waals surface area contributed by atoms with Gasteiger partial charge in [0.15, 0.2) is 0 Å². The molecule has 1 fully saturated rings. The van der Waals surface area contributed by atoms with Crippen LogP contribution >= 0.6 is 24.0 Å². The van der Waals surface area contributed by atoms with E-state index >= 15 is 0 Å². The maximum Gasteiger partial charge on any atom is 0.227 e. The van der Waals surface area contributed by atoms with E-state index in [1.807, 2.05) is 60.5 Å². The first kappa shape index (κ1) is 21.5. The van der Waals surface area contributed by atoms with Gasteiger partial charge in [0.05, 0.1) is 6.42 Å². The molecule has 0 radical (unpaired) electrons. The van der Waals surface area contributed by atoms with Crippen molar-refractivity contribution in [1.29, 1.82) is 0 Å². The summed E-state index contributed by atoms with van der Waals surface area (Å²) in [4.78, 5) is 14.6. The number of rotatable bonds is 6. The quantitative estimate of drug-likeness (QED) is 0.782. The molecular weight excluding hydrogens is 383 g/mol. The maximum absolute atomic E-state index is 12.6. The minimum Gasteiger partial charge on any atom is -0.489 e. The van der Waals surface area contributed by atoms with E-state index < -0.39 is 0 Å². The van der Waals surface area contributed by atoms with Crippen molar-refractivity contribution < 1.29 is 9.53 Å². The first-order valence-electron chi connectivity index (χ1n) is 9.05. The fraction of sp³-hybridized carbons (Fsp3) is 0.381. The number of nitrogens with zero attached hydrogens (tertiary/aromatic N) is 1. The second-order valence-electron chi connectivity index (χ2n) is 6.71. The van der Waals surface area contributed by atoms with Gasteiger partial charge >= 0.3 is 0 Å². The van der Waals surface area contributed by atoms with Gasteiger partial charge in [-0.05, 0) is 55.3 Å². The van der Waals surface area contributed by atoms with Crippen molar-refractivity contribution in [3.63, 3.8) is 0 Å². The van der Waals surface area contributed by atoms with Gasteiger partial charge in [-0.3, -0.25) is 4.79 Å². The molecule has 4 nitrogen and oxygen atoms in total. The number of amides is 1. The molecule has 0 spiro atoms. The van der Waals surface area contributed by atoms with Crippen LogP contribution in [0.1, 0.15) is 24.0 Å². The lowest BCUT2D eigenvalue weighted by molar-refractivity contribution is -0.131. The van der Waals surface area contributed by atoms with Gasteiger partial charge in [0.2, 0.25) is 5.91 Å². The van der Waals surface area contributed by atoms with Gasteiger partial charge in [-0.2, -0.15) is 0 Å². The van der Waals surface area contributed by atoms with Crippen LogP contribution in [-0.2, 0) is 17.8 Å². The van der Waals surface area contributed by atoms with E-state index in [2.05, 4.69) is 5.32 Å². The molecule has 1 aliphatic heterocycles. The average molecular weight is 409 g/mol. The fourth-order valence-electron chi connectivity index (χ4n) is 3.26. The minimum atomic E-state index is 0. The second-order valence-corrected chi connectivity index (χ2v) is 7.15. The Hall–Kier alpha value is -1.75. The molecule has 1 saturated heterocycles. The summed E-state index contributed by atoms with van der Waals surface area (Å²) >= 11 is 6.00. The van der Waals surface area contributed by atoms with Gasteiger partial charge < -0.3 is 15.0 Å². The van der Waals surface area contributed by atoms with E-state index in [0.29, 0.717) is 24.1 Å². The van der Waals surface area contributed by atoms with Crippen molar-refractivity contribution in [3.05, 3.63) is 64.7 Å². The number of piperidine rings is 1. The summed E-state index contributed by atoms with van der Waals surface area (Å²) in [5, 5.41) is 3.98. The number of nitrogens with one attached hydrogen (secondary N) is 1. The van der Waals surface area contributed by atoms with Crippen LogP contribution in [0.25, 0.3) is 0 Å². The number of carbonyl (C=O) groups is 1. The predicted octanol–water partition coefficient (Wildman–Crippen LogP) is 4.09. The van der Waals surface area contributed by atoms with Crippen LogP contribution in [0.3, 0.4) is 0 Å². The van der Waals surface area contributed by atoms with Gasteiger partial charge in [-0.15, -0.1) is 12.4 Å². The van der Waals surface area contributed by atoms with Crippen LogP contribution in [0.15, 0.2) is 48.5 Å². The average Bonchev–Trinajstić information content (AvgIpc) is 2.67. The summed E-state index contributed by atoms with van der Waals surface area (Å²) in [6.45, 7) is 2.09. The van der Waals surface area contributed by atoms with Crippen molar-refractivity contribution >= 4 is 29.9 Å². The summed E-state index contributed by atoms with van der Waals surface area (Å²) < 4.78 is 5.86. The van der Waals surface area contributed by atoms with E-state index in [0.717, 1.165) is 42.8 Å². The summed E-state index contributed by atoms with van der Waals surface area (Å²) in [5.41, 5.74) is 2.00. The molecule has 2 aromatic rings. The molecule has 27 heavy (non-hydrogen) atoms. The van der Waals surface area contributed by atoms with Crippen molar-refractivity contribution in [1.82, 2.24) is 10.2 Å². The standard InChI is InChI=1S/C21H25ClN2O2.ClH/c1-23-19-8-4-10-24(14-19)21(25)13-16-5-3-9-20(12-16)26-15-17-6-2-7-18(22)11-17;/h2-3,5-7,9,11-12,19,23H,4,8,10,13-15H2,1H3;1H. The molecule has 1 amide bonds. The van der Waals surface area contributed by atoms with Crippen molar-refractivity contribution in [2.24, 2.45) is 0 Å². The highest BCUT2D eigenvalue weighted by Gasteiger charge is 2.22. The Morgan fingerprint density at radius 3 is 2.78 bits per heavy atom. The molecule has 1 unspecified atom stereocenters. The van der Waals surface area contributed by atoms with E-state index in [1.54, 1.807) is 0 Å². The largest absolute Gasteiger partial charge is 0.489 e. The normalized spacial score (nSPS) is 16.5. The first-order valence-corrected chi connectivity index (χ1v) is 9.43. The smallest absolute Gasteiger partial charge is 0.227 e. The van der Waals surface area contributed by atoms with Gasteiger partial charge in [0, 0.05) is 24.2 Å². The van der Waals surface area contributed by atoms with Gasteiger partial charge in [0.1, 0.15) is 12.4 Å². The Balaban J connectivity index is 0.00000261. The monoisotopic (exact) mass is 408 g/mol. The van der Waals surface area contributed by atoms with Crippen LogP contribution in [-0.4, -0.2) is 37.0 Å². The van der Waals surface area contributed by atoms with Crippen molar-refractivity contribution in [2.45, 2.75) is 31.9 Å². The summed E-state index contributed by atoms with van der Waals surface area (Å²) in [6.07, 6.45) is 2.60. The summed E-state index contributed by atoms with van der Waals surface area (Å²) in [7, 11) is 1.96. The molecule has 0 saturated carbocycles. The number of hydrogen-bond donors (Lipinski definition) is 1. The third-order valence-electron chi connectivity index (χ3n) is 4.73. The first-order chi connectivity index (χ1) is 12.6. The third kappa shape index (κ3) is 6.42. The highest BCUT2D eigenvalue weighted by Crippen LogP contribution is 2.18. The van der Waals surface area contributed by atoms with Crippen LogP contribution in [0.5, 0.6) is 5.75 Å². The van der Waals surface area contributed by atoms with E-state index in [1.165, 1.54) is 0 Å². The highest BCUT2D eigenvalue weighted by atomic mass is 35.5. The van der Waals surface area contributed by atoms with Gasteiger partial charge in [-0.25, -0.2) is 0 Å². The predicted molar refractivity (Wildman–Crippen MR) is 112 cm³/mol. The summed E-state index contributed by atoms with van der Waals surface area (Å²) in [6, 6.07) is 15.8. The van der Waals surface area contributed by atoms with Crippen LogP contribution in [0.4, 0.5) is 0 Å². The molecule has 1 atom stereocenters. The number of carbonyl (C=O) groups excluding carboxylic acids is 1. The molecule has 1 aliphatic rings. The molecule has 0 bridgehead atoms. The Kier molecular flexibility index (Phi) is 8.42. The molecule has 146 valence electrons. The molecular formula is C21H26Cl2N2O2. The van der Waals surface area contributed by atoms with Crippen LogP contribution < -0.4 is 10.1 Å². The van der Waals surface area contributed by atoms with Gasteiger partial charge in [-0.1, -0.05) is 35.9 Å². The molecule has 0 aliphatic carbocycles. The molecule has 0 aromatic heterocycles. The number of hydrogen-bond acceptors (Lipinski definition) is 3. The third-order valence-corrected chi connectivity index (χ3v) is 4.97. The Morgan fingerprint density at radius 2 is 2.00 bits per heavy atom. The number of halogens is 2. The van der Waals surface area contributed by atoms with E-state index in [-0.39, 0.29) is 18.3 Å². The molecule has 2 aromatic carbocycles.